The minimum atomic E-state index is -1.25. The molecule has 4 aromatic rings. The number of rotatable bonds is 21. The molecule has 4 rings (SSSR count). The van der Waals surface area contributed by atoms with Crippen molar-refractivity contribution in [3.8, 4) is 11.5 Å². The Morgan fingerprint density at radius 2 is 1.25 bits per heavy atom. The molecule has 300 valence electrons. The van der Waals surface area contributed by atoms with Crippen molar-refractivity contribution in [1.82, 2.24) is 21.3 Å². The first kappa shape index (κ1) is 43.0. The average molecular weight is 778 g/mol. The van der Waals surface area contributed by atoms with Crippen molar-refractivity contribution in [3.05, 3.63) is 125 Å². The second kappa shape index (κ2) is 21.4. The van der Waals surface area contributed by atoms with E-state index in [2.05, 4.69) is 21.3 Å². The Balaban J connectivity index is 1.63. The van der Waals surface area contributed by atoms with Crippen LogP contribution in [0.4, 0.5) is 5.69 Å². The highest BCUT2D eigenvalue weighted by atomic mass is 16.5. The van der Waals surface area contributed by atoms with Gasteiger partial charge in [0.1, 0.15) is 30.2 Å². The molecule has 14 nitrogen and oxygen atoms in total. The molecule has 0 radical (unpaired) electrons. The fraction of sp³-hybridized carbons (Fsp3) is 0.302. The number of amides is 4. The SMILES string of the molecule is CCCC[C@H](NC(=O)c1ccccc1)C(=O)N[C@@H](Cc1cccc(N)c1)C(=O)N[C@@H](Cc1cccc(C(=N)N)c1)C(=O)N[C@H](C=O)Cc1ccc(OC)c(OC)c1. The van der Waals surface area contributed by atoms with Crippen molar-refractivity contribution in [2.75, 3.05) is 20.0 Å². The summed E-state index contributed by atoms with van der Waals surface area (Å²) in [5.74, 6) is -1.61. The van der Waals surface area contributed by atoms with Crippen LogP contribution in [0.15, 0.2) is 97.1 Å². The largest absolute Gasteiger partial charge is 0.493 e. The Morgan fingerprint density at radius 1 is 0.667 bits per heavy atom. The second-order valence-electron chi connectivity index (χ2n) is 13.6. The summed E-state index contributed by atoms with van der Waals surface area (Å²) >= 11 is 0. The zero-order chi connectivity index (χ0) is 41.3. The summed E-state index contributed by atoms with van der Waals surface area (Å²) in [6, 6.07) is 22.8. The zero-order valence-electron chi connectivity index (χ0n) is 32.4. The molecule has 0 aliphatic carbocycles. The zero-order valence-corrected chi connectivity index (χ0v) is 32.4. The number of unbranched alkanes of at least 4 members (excludes halogenated alkanes) is 1. The number of nitrogens with two attached hydrogens (primary N) is 2. The number of carbonyl (C=O) groups excluding carboxylic acids is 5. The molecule has 0 saturated heterocycles. The topological polar surface area (TPSA) is 228 Å². The number of amidine groups is 1. The molecule has 0 unspecified atom stereocenters. The summed E-state index contributed by atoms with van der Waals surface area (Å²) in [4.78, 5) is 67.8. The van der Waals surface area contributed by atoms with E-state index < -0.39 is 47.8 Å². The van der Waals surface area contributed by atoms with Crippen LogP contribution in [0.1, 0.15) is 58.8 Å². The fourth-order valence-electron chi connectivity index (χ4n) is 6.21. The van der Waals surface area contributed by atoms with Crippen molar-refractivity contribution in [2.24, 2.45) is 5.73 Å². The van der Waals surface area contributed by atoms with Crippen LogP contribution in [0, 0.1) is 5.41 Å². The number of hydrogen-bond acceptors (Lipinski definition) is 9. The van der Waals surface area contributed by atoms with Crippen LogP contribution < -0.4 is 42.2 Å². The van der Waals surface area contributed by atoms with Crippen LogP contribution in [0.5, 0.6) is 11.5 Å². The van der Waals surface area contributed by atoms with Gasteiger partial charge in [-0.25, -0.2) is 0 Å². The first-order chi connectivity index (χ1) is 27.4. The van der Waals surface area contributed by atoms with E-state index >= 15 is 0 Å². The number of hydrogen-bond donors (Lipinski definition) is 7. The maximum absolute atomic E-state index is 14.3. The minimum absolute atomic E-state index is 0.000167. The number of ether oxygens (including phenoxy) is 2. The first-order valence-electron chi connectivity index (χ1n) is 18.7. The molecule has 9 N–H and O–H groups in total. The number of benzene rings is 4. The number of methoxy groups -OCH3 is 2. The number of nitrogens with one attached hydrogen (secondary N) is 5. The van der Waals surface area contributed by atoms with E-state index in [0.29, 0.717) is 64.1 Å². The molecule has 4 amide bonds. The molecule has 4 aromatic carbocycles. The lowest BCUT2D eigenvalue weighted by molar-refractivity contribution is -0.133. The van der Waals surface area contributed by atoms with Gasteiger partial charge in [-0.15, -0.1) is 0 Å². The maximum Gasteiger partial charge on any atom is 0.251 e. The first-order valence-corrected chi connectivity index (χ1v) is 18.7. The van der Waals surface area contributed by atoms with Gasteiger partial charge in [-0.05, 0) is 72.0 Å². The normalized spacial score (nSPS) is 12.8. The third-order valence-electron chi connectivity index (χ3n) is 9.23. The van der Waals surface area contributed by atoms with E-state index in [0.717, 1.165) is 6.42 Å². The average Bonchev–Trinajstić information content (AvgIpc) is 3.21. The summed E-state index contributed by atoms with van der Waals surface area (Å²) in [7, 11) is 3.00. The number of nitrogen functional groups attached to an aromatic ring is 2. The van der Waals surface area contributed by atoms with E-state index in [1.165, 1.54) is 14.2 Å². The van der Waals surface area contributed by atoms with Gasteiger partial charge in [-0.2, -0.15) is 0 Å². The predicted molar refractivity (Wildman–Crippen MR) is 218 cm³/mol. The molecule has 0 saturated carbocycles. The Kier molecular flexibility index (Phi) is 16.2. The van der Waals surface area contributed by atoms with Gasteiger partial charge in [0, 0.05) is 29.7 Å². The second-order valence-corrected chi connectivity index (χ2v) is 13.6. The number of carbonyl (C=O) groups is 5. The smallest absolute Gasteiger partial charge is 0.251 e. The van der Waals surface area contributed by atoms with Crippen molar-refractivity contribution in [3.63, 3.8) is 0 Å². The van der Waals surface area contributed by atoms with E-state index in [1.807, 2.05) is 6.92 Å². The van der Waals surface area contributed by atoms with Gasteiger partial charge in [0.2, 0.25) is 17.7 Å². The van der Waals surface area contributed by atoms with Gasteiger partial charge in [0.25, 0.3) is 5.91 Å². The number of aldehydes is 1. The van der Waals surface area contributed by atoms with Gasteiger partial charge in [0.15, 0.2) is 11.5 Å². The van der Waals surface area contributed by atoms with E-state index in [1.54, 1.807) is 97.1 Å². The third-order valence-corrected chi connectivity index (χ3v) is 9.23. The van der Waals surface area contributed by atoms with Crippen molar-refractivity contribution in [2.45, 2.75) is 69.6 Å². The van der Waals surface area contributed by atoms with Gasteiger partial charge in [-0.1, -0.05) is 74.4 Å². The van der Waals surface area contributed by atoms with Crippen LogP contribution in [-0.2, 0) is 38.4 Å². The standard InChI is InChI=1S/C43H51N7O7/c1-4-5-17-34(48-40(52)30-13-7-6-8-14-30)41(53)49-36(24-28-12-10-16-32(44)21-28)43(55)50-35(23-27-11-9-15-31(20-27)39(45)46)42(54)47-33(26-51)22-29-18-19-37(56-2)38(25-29)57-3/h6-16,18-21,25-26,33-36H,4-5,17,22-24,44H2,1-3H3,(H3,45,46)(H,47,54)(H,48,52)(H,49,53)(H,50,55)/t33-,34-,35-,36-/m0/s1. The number of anilines is 1. The lowest BCUT2D eigenvalue weighted by atomic mass is 9.99. The summed E-state index contributed by atoms with van der Waals surface area (Å²) in [5, 5.41) is 19.1. The van der Waals surface area contributed by atoms with Gasteiger partial charge in [0.05, 0.1) is 20.3 Å². The summed E-state index contributed by atoms with van der Waals surface area (Å²) in [6.45, 7) is 1.96. The Hall–Kier alpha value is -6.70. The lowest BCUT2D eigenvalue weighted by Gasteiger charge is -2.26. The molecule has 0 bridgehead atoms. The highest BCUT2D eigenvalue weighted by Gasteiger charge is 2.31. The Labute approximate surface area is 332 Å². The van der Waals surface area contributed by atoms with Gasteiger partial charge < -0.3 is 47.0 Å². The monoisotopic (exact) mass is 777 g/mol. The van der Waals surface area contributed by atoms with E-state index in [4.69, 9.17) is 26.4 Å². The van der Waals surface area contributed by atoms with E-state index in [-0.39, 0.29) is 25.1 Å². The van der Waals surface area contributed by atoms with Crippen LogP contribution >= 0.6 is 0 Å². The van der Waals surface area contributed by atoms with Crippen molar-refractivity contribution < 1.29 is 33.4 Å². The molecule has 0 aliphatic rings. The molecule has 57 heavy (non-hydrogen) atoms. The highest BCUT2D eigenvalue weighted by Crippen LogP contribution is 2.28. The van der Waals surface area contributed by atoms with Crippen LogP contribution in [0.3, 0.4) is 0 Å². The summed E-state index contributed by atoms with van der Waals surface area (Å²) in [6.07, 6.45) is 2.37. The van der Waals surface area contributed by atoms with E-state index in [9.17, 15) is 24.0 Å². The molecule has 0 heterocycles. The Bertz CT molecular complexity index is 2020. The quantitative estimate of drug-likeness (QED) is 0.0285. The molecule has 14 heteroatoms. The molecular weight excluding hydrogens is 727 g/mol. The van der Waals surface area contributed by atoms with Crippen LogP contribution in [0.2, 0.25) is 0 Å². The third kappa shape index (κ3) is 12.9. The Morgan fingerprint density at radius 3 is 1.84 bits per heavy atom. The summed E-state index contributed by atoms with van der Waals surface area (Å²) in [5.41, 5.74) is 14.9. The molecule has 4 atom stereocenters. The molecule has 0 aliphatic heterocycles. The molecule has 0 fully saturated rings. The summed E-state index contributed by atoms with van der Waals surface area (Å²) < 4.78 is 10.7. The minimum Gasteiger partial charge on any atom is -0.493 e. The van der Waals surface area contributed by atoms with Crippen molar-refractivity contribution in [1.29, 1.82) is 5.41 Å². The fourth-order valence-corrected chi connectivity index (χ4v) is 6.21. The lowest BCUT2D eigenvalue weighted by Crippen LogP contribution is -2.58. The van der Waals surface area contributed by atoms with Crippen LogP contribution in [-0.4, -0.2) is 74.1 Å². The van der Waals surface area contributed by atoms with Crippen LogP contribution in [0.25, 0.3) is 0 Å². The van der Waals surface area contributed by atoms with Gasteiger partial charge >= 0.3 is 0 Å². The molecular formula is C43H51N7O7. The molecule has 0 spiro atoms. The predicted octanol–water partition coefficient (Wildman–Crippen LogP) is 3.24. The maximum atomic E-state index is 14.3. The highest BCUT2D eigenvalue weighted by molar-refractivity contribution is 5.99. The molecule has 0 aromatic heterocycles. The van der Waals surface area contributed by atoms with Crippen molar-refractivity contribution >= 4 is 41.4 Å². The van der Waals surface area contributed by atoms with Gasteiger partial charge in [-0.3, -0.25) is 24.6 Å².